The van der Waals surface area contributed by atoms with E-state index in [0.29, 0.717) is 23.0 Å². The summed E-state index contributed by atoms with van der Waals surface area (Å²) < 4.78 is 0. The maximum Gasteiger partial charge on any atom is 0.255 e. The highest BCUT2D eigenvalue weighted by Gasteiger charge is 2.63. The number of alkyl halides is 1. The highest BCUT2D eigenvalue weighted by Crippen LogP contribution is 2.53. The lowest BCUT2D eigenvalue weighted by atomic mass is 9.58. The molecular formula is C27H35BrCl2N4O8. The van der Waals surface area contributed by atoms with Crippen LogP contribution in [0, 0.1) is 11.8 Å². The summed E-state index contributed by atoms with van der Waals surface area (Å²) in [5.41, 5.74) is 2.39. The van der Waals surface area contributed by atoms with Crippen molar-refractivity contribution in [3.05, 3.63) is 39.9 Å². The van der Waals surface area contributed by atoms with Gasteiger partial charge >= 0.3 is 0 Å². The van der Waals surface area contributed by atoms with Crippen LogP contribution in [0.15, 0.2) is 28.7 Å². The molecule has 15 heteroatoms. The second kappa shape index (κ2) is 12.8. The molecule has 2 amide bonds. The minimum Gasteiger partial charge on any atom is -0.510 e. The average molecular weight is 694 g/mol. The van der Waals surface area contributed by atoms with E-state index in [4.69, 9.17) is 5.73 Å². The Morgan fingerprint density at radius 3 is 2.29 bits per heavy atom. The third-order valence-corrected chi connectivity index (χ3v) is 8.55. The van der Waals surface area contributed by atoms with Gasteiger partial charge in [-0.15, -0.1) is 24.8 Å². The molecule has 1 aromatic rings. The monoisotopic (exact) mass is 692 g/mol. The number of Topliss-reactive ketones (excluding diaryl/α,β-unsaturated/α-hetero) is 2. The molecule has 7 N–H and O–H groups in total. The largest absolute Gasteiger partial charge is 0.510 e. The van der Waals surface area contributed by atoms with Crippen LogP contribution in [0.3, 0.4) is 0 Å². The number of carbonyl (C=O) groups excluding carboxylic acids is 4. The molecule has 0 aromatic heterocycles. The molecule has 12 nitrogen and oxygen atoms in total. The van der Waals surface area contributed by atoms with Gasteiger partial charge in [-0.25, -0.2) is 0 Å². The van der Waals surface area contributed by atoms with E-state index in [0.717, 1.165) is 0 Å². The van der Waals surface area contributed by atoms with Crippen LogP contribution in [-0.2, 0) is 20.8 Å². The summed E-state index contributed by atoms with van der Waals surface area (Å²) in [6.07, 6.45) is 0.865. The number of likely N-dealkylation sites (N-methyl/N-ethyl adjacent to an activating group) is 1. The van der Waals surface area contributed by atoms with E-state index in [1.54, 1.807) is 39.2 Å². The van der Waals surface area contributed by atoms with Crippen molar-refractivity contribution in [2.45, 2.75) is 37.3 Å². The maximum atomic E-state index is 14.0. The van der Waals surface area contributed by atoms with E-state index in [1.165, 1.54) is 4.90 Å². The average Bonchev–Trinajstić information content (AvgIpc) is 2.85. The van der Waals surface area contributed by atoms with Crippen LogP contribution in [0.5, 0.6) is 5.75 Å². The van der Waals surface area contributed by atoms with Gasteiger partial charge in [-0.2, -0.15) is 0 Å². The summed E-state index contributed by atoms with van der Waals surface area (Å²) in [6.45, 7) is 0. The van der Waals surface area contributed by atoms with Crippen molar-refractivity contribution in [1.29, 1.82) is 0 Å². The number of nitrogens with zero attached hydrogens (tertiary/aromatic N) is 2. The first-order chi connectivity index (χ1) is 18.7. The number of aliphatic hydroxyl groups is 3. The first-order valence-corrected chi connectivity index (χ1v) is 13.9. The number of hydrogen-bond acceptors (Lipinski definition) is 10. The smallest absolute Gasteiger partial charge is 0.255 e. The van der Waals surface area contributed by atoms with E-state index < -0.39 is 63.8 Å². The van der Waals surface area contributed by atoms with Crippen LogP contribution < -0.4 is 16.0 Å². The number of hydrogen-bond donors (Lipinski definition) is 6. The molecule has 2 unspecified atom stereocenters. The molecule has 0 fully saturated rings. The van der Waals surface area contributed by atoms with Crippen LogP contribution in [0.1, 0.15) is 35.2 Å². The van der Waals surface area contributed by atoms with Crippen molar-refractivity contribution in [3.63, 3.8) is 0 Å². The number of fused-ring (bicyclic) bond motifs is 3. The lowest BCUT2D eigenvalue weighted by molar-refractivity contribution is -0.148. The number of allylic oxidation sites excluding steroid dienone is 1. The van der Waals surface area contributed by atoms with Crippen molar-refractivity contribution in [3.8, 4) is 5.75 Å². The SMILES string of the molecule is CN(C)c1cc(NC(=O)CCCBr)c(O)c2c1CC1CC3[C@H](N(C)C)C(O)=C(C(N)=O)C(=O)[C@@]3(O)C(O)=C1C2=O.Cl.Cl. The van der Waals surface area contributed by atoms with Crippen molar-refractivity contribution in [2.24, 2.45) is 17.6 Å². The number of phenols is 1. The van der Waals surface area contributed by atoms with E-state index in [-0.39, 0.29) is 66.8 Å². The standard InChI is InChI=1S/C27H33BrN4O8.2ClH/c1-31(2)15-10-14(30-16(33)6-5-7-28)21(34)18-12(15)8-11-9-13-20(32(3)4)23(36)19(26(29)39)25(38)27(13,40)24(37)17(11)22(18)35;;/h10-11,13,20,34,36-37,40H,5-9H2,1-4H3,(H2,29,39)(H,30,33);2*1H/t11?,13?,20-,27-;;/m0../s1. The normalized spacial score (nSPS) is 24.7. The Hall–Kier alpha value is -2.84. The van der Waals surface area contributed by atoms with Crippen LogP contribution in [0.2, 0.25) is 0 Å². The zero-order valence-corrected chi connectivity index (χ0v) is 26.7. The van der Waals surface area contributed by atoms with E-state index in [2.05, 4.69) is 21.2 Å². The first kappa shape index (κ1) is 35.4. The second-order valence-corrected chi connectivity index (χ2v) is 11.6. The van der Waals surface area contributed by atoms with Gasteiger partial charge in [-0.05, 0) is 50.9 Å². The number of primary amides is 1. The second-order valence-electron chi connectivity index (χ2n) is 10.8. The van der Waals surface area contributed by atoms with Crippen LogP contribution in [-0.4, -0.2) is 93.9 Å². The van der Waals surface area contributed by atoms with Crippen LogP contribution in [0.4, 0.5) is 11.4 Å². The summed E-state index contributed by atoms with van der Waals surface area (Å²) in [7, 11) is 6.63. The number of rotatable bonds is 7. The van der Waals surface area contributed by atoms with Gasteiger partial charge in [0.25, 0.3) is 5.91 Å². The molecule has 1 aromatic carbocycles. The van der Waals surface area contributed by atoms with E-state index in [9.17, 15) is 39.6 Å². The Morgan fingerprint density at radius 2 is 1.76 bits per heavy atom. The van der Waals surface area contributed by atoms with E-state index >= 15 is 0 Å². The van der Waals surface area contributed by atoms with Gasteiger partial charge in [-0.1, -0.05) is 15.9 Å². The number of ketones is 2. The molecule has 4 rings (SSSR count). The topological polar surface area (TPSA) is 194 Å². The number of aliphatic hydroxyl groups excluding tert-OH is 2. The number of benzene rings is 1. The van der Waals surface area contributed by atoms with Crippen LogP contribution in [0.25, 0.3) is 0 Å². The number of aromatic hydroxyl groups is 1. The molecule has 0 saturated heterocycles. The fraction of sp³-hybridized carbons (Fsp3) is 0.481. The number of halogens is 3. The predicted octanol–water partition coefficient (Wildman–Crippen LogP) is 2.14. The van der Waals surface area contributed by atoms with Gasteiger partial charge in [0.15, 0.2) is 17.1 Å². The van der Waals surface area contributed by atoms with Gasteiger partial charge in [0, 0.05) is 43.0 Å². The zero-order chi connectivity index (χ0) is 29.8. The van der Waals surface area contributed by atoms with Crippen molar-refractivity contribution in [1.82, 2.24) is 4.90 Å². The lowest BCUT2D eigenvalue weighted by Gasteiger charge is -2.50. The van der Waals surface area contributed by atoms with Crippen molar-refractivity contribution >= 4 is 75.5 Å². The summed E-state index contributed by atoms with van der Waals surface area (Å²) in [6, 6.07) is 0.506. The van der Waals surface area contributed by atoms with Gasteiger partial charge in [-0.3, -0.25) is 24.1 Å². The summed E-state index contributed by atoms with van der Waals surface area (Å²) in [4.78, 5) is 55.2. The minimum atomic E-state index is -2.72. The molecular weight excluding hydrogens is 659 g/mol. The van der Waals surface area contributed by atoms with Gasteiger partial charge in [0.1, 0.15) is 17.1 Å². The molecule has 3 aliphatic carbocycles. The fourth-order valence-corrected chi connectivity index (χ4v) is 6.51. The number of carbonyl (C=O) groups is 4. The molecule has 232 valence electrons. The molecule has 0 heterocycles. The third-order valence-electron chi connectivity index (χ3n) is 7.99. The summed E-state index contributed by atoms with van der Waals surface area (Å²) >= 11 is 3.26. The Kier molecular flexibility index (Phi) is 10.8. The fourth-order valence-electron chi connectivity index (χ4n) is 6.23. The predicted molar refractivity (Wildman–Crippen MR) is 164 cm³/mol. The first-order valence-electron chi connectivity index (χ1n) is 12.7. The summed E-state index contributed by atoms with van der Waals surface area (Å²) in [5.74, 6) is -7.63. The molecule has 0 radical (unpaired) electrons. The molecule has 0 spiro atoms. The number of amides is 2. The number of nitrogens with two attached hydrogens (primary N) is 1. The number of anilines is 2. The molecule has 0 aliphatic heterocycles. The highest BCUT2D eigenvalue weighted by molar-refractivity contribution is 9.09. The maximum absolute atomic E-state index is 14.0. The highest BCUT2D eigenvalue weighted by atomic mass is 79.9. The quantitative estimate of drug-likeness (QED) is 0.140. The number of nitrogens with one attached hydrogen (secondary N) is 1. The minimum absolute atomic E-state index is 0. The molecule has 3 aliphatic rings. The Morgan fingerprint density at radius 1 is 1.14 bits per heavy atom. The zero-order valence-electron chi connectivity index (χ0n) is 23.4. The Balaban J connectivity index is 0.00000308. The number of phenolic OH excluding ortho intramolecular Hbond substituents is 1. The van der Waals surface area contributed by atoms with Crippen molar-refractivity contribution in [2.75, 3.05) is 43.7 Å². The molecule has 42 heavy (non-hydrogen) atoms. The van der Waals surface area contributed by atoms with E-state index in [1.807, 2.05) is 0 Å². The molecule has 4 atom stereocenters. The van der Waals surface area contributed by atoms with Crippen LogP contribution >= 0.6 is 40.7 Å². The van der Waals surface area contributed by atoms with Gasteiger partial charge in [0.2, 0.25) is 11.7 Å². The summed E-state index contributed by atoms with van der Waals surface area (Å²) in [5, 5.41) is 48.4. The Labute approximate surface area is 263 Å². The molecule has 0 saturated carbocycles. The Bertz CT molecular complexity index is 1400. The third kappa shape index (κ3) is 5.37. The van der Waals surface area contributed by atoms with Gasteiger partial charge in [0.05, 0.1) is 17.3 Å². The molecule has 0 bridgehead atoms. The van der Waals surface area contributed by atoms with Gasteiger partial charge < -0.3 is 36.4 Å². The lowest BCUT2D eigenvalue weighted by Crippen LogP contribution is -2.63. The van der Waals surface area contributed by atoms with Crippen molar-refractivity contribution < 1.29 is 39.6 Å².